The van der Waals surface area contributed by atoms with Gasteiger partial charge in [0.25, 0.3) is 0 Å². The Morgan fingerprint density at radius 1 is 0.339 bits per heavy atom. The van der Waals surface area contributed by atoms with Crippen molar-refractivity contribution in [2.24, 2.45) is 0 Å². The van der Waals surface area contributed by atoms with Gasteiger partial charge in [-0.2, -0.15) is 0 Å². The van der Waals surface area contributed by atoms with Gasteiger partial charge in [-0.05, 0) is 96.3 Å². The van der Waals surface area contributed by atoms with E-state index in [1.54, 1.807) is 0 Å². The first-order valence-electron chi connectivity index (χ1n) is 25.6. The van der Waals surface area contributed by atoms with E-state index in [9.17, 15) is 14.4 Å². The second-order valence-electron chi connectivity index (χ2n) is 16.7. The maximum absolute atomic E-state index is 12.8. The first-order valence-corrected chi connectivity index (χ1v) is 25.6. The topological polar surface area (TPSA) is 78.9 Å². The fourth-order valence-corrected chi connectivity index (χ4v) is 6.79. The van der Waals surface area contributed by atoms with Crippen molar-refractivity contribution in [3.63, 3.8) is 0 Å². The van der Waals surface area contributed by atoms with Crippen LogP contribution in [0.4, 0.5) is 0 Å². The summed E-state index contributed by atoms with van der Waals surface area (Å²) in [5, 5.41) is 0. The molecule has 0 amide bonds. The van der Waals surface area contributed by atoms with Crippen LogP contribution < -0.4 is 0 Å². The first kappa shape index (κ1) is 58.6. The summed E-state index contributed by atoms with van der Waals surface area (Å²) >= 11 is 0. The Kier molecular flexibility index (Phi) is 47.5. The molecule has 1 unspecified atom stereocenters. The van der Waals surface area contributed by atoms with Crippen LogP contribution >= 0.6 is 0 Å². The number of allylic oxidation sites excluding steroid dienone is 14. The molecule has 0 N–H and O–H groups in total. The molecule has 0 saturated carbocycles. The summed E-state index contributed by atoms with van der Waals surface area (Å²) in [5.41, 5.74) is 0. The lowest BCUT2D eigenvalue weighted by Crippen LogP contribution is -2.30. The van der Waals surface area contributed by atoms with E-state index in [4.69, 9.17) is 14.2 Å². The van der Waals surface area contributed by atoms with Crippen LogP contribution in [0.25, 0.3) is 0 Å². The highest BCUT2D eigenvalue weighted by molar-refractivity contribution is 5.71. The third-order valence-corrected chi connectivity index (χ3v) is 10.6. The number of esters is 3. The molecule has 0 radical (unpaired) electrons. The fraction of sp³-hybridized carbons (Fsp3) is 0.696. The molecule has 0 aromatic heterocycles. The zero-order chi connectivity index (χ0) is 45.1. The van der Waals surface area contributed by atoms with Gasteiger partial charge in [0.2, 0.25) is 0 Å². The van der Waals surface area contributed by atoms with Crippen LogP contribution in [0.3, 0.4) is 0 Å². The summed E-state index contributed by atoms with van der Waals surface area (Å²) < 4.78 is 16.7. The van der Waals surface area contributed by atoms with Crippen molar-refractivity contribution in [3.8, 4) is 0 Å². The van der Waals surface area contributed by atoms with Crippen LogP contribution in [0, 0.1) is 0 Å². The first-order chi connectivity index (χ1) is 30.5. The molecule has 0 aliphatic rings. The summed E-state index contributed by atoms with van der Waals surface area (Å²) in [7, 11) is 0. The maximum atomic E-state index is 12.8. The SMILES string of the molecule is CC/C=C\C/C=C\C/C=C\C/C=C\C/C=C\CCCCCC(=O)OCC(COC(=O)CCCCCCCCCC)OC(=O)CCCCCCCCC/C=C\C/C=C\CCCCC. The summed E-state index contributed by atoms with van der Waals surface area (Å²) in [6.07, 6.45) is 64.3. The van der Waals surface area contributed by atoms with Crippen molar-refractivity contribution in [1.82, 2.24) is 0 Å². The minimum absolute atomic E-state index is 0.0902. The van der Waals surface area contributed by atoms with Crippen molar-refractivity contribution in [3.05, 3.63) is 85.1 Å². The molecule has 354 valence electrons. The van der Waals surface area contributed by atoms with Gasteiger partial charge in [0.1, 0.15) is 13.2 Å². The summed E-state index contributed by atoms with van der Waals surface area (Å²) in [5.74, 6) is -0.937. The molecule has 6 heteroatoms. The Morgan fingerprint density at radius 3 is 1.03 bits per heavy atom. The van der Waals surface area contributed by atoms with Crippen molar-refractivity contribution < 1.29 is 28.6 Å². The number of unbranched alkanes of at least 4 members (excludes halogenated alkanes) is 20. The van der Waals surface area contributed by atoms with E-state index in [1.807, 2.05) is 0 Å². The van der Waals surface area contributed by atoms with Gasteiger partial charge >= 0.3 is 17.9 Å². The van der Waals surface area contributed by atoms with Crippen molar-refractivity contribution >= 4 is 17.9 Å². The fourth-order valence-electron chi connectivity index (χ4n) is 6.79. The summed E-state index contributed by atoms with van der Waals surface area (Å²) in [4.78, 5) is 37.8. The number of ether oxygens (including phenoxy) is 3. The Labute approximate surface area is 382 Å². The third-order valence-electron chi connectivity index (χ3n) is 10.6. The molecule has 0 spiro atoms. The lowest BCUT2D eigenvalue weighted by Gasteiger charge is -2.18. The van der Waals surface area contributed by atoms with E-state index in [-0.39, 0.29) is 31.1 Å². The summed E-state index contributed by atoms with van der Waals surface area (Å²) in [6.45, 7) is 6.43. The minimum atomic E-state index is -0.792. The van der Waals surface area contributed by atoms with E-state index < -0.39 is 6.10 Å². The molecule has 6 nitrogen and oxygen atoms in total. The Morgan fingerprint density at radius 2 is 0.629 bits per heavy atom. The second-order valence-corrected chi connectivity index (χ2v) is 16.7. The monoisotopic (exact) mass is 863 g/mol. The number of hydrogen-bond acceptors (Lipinski definition) is 6. The Bertz CT molecular complexity index is 1220. The molecule has 0 aliphatic carbocycles. The van der Waals surface area contributed by atoms with Gasteiger partial charge in [0.15, 0.2) is 6.10 Å². The molecule has 0 bridgehead atoms. The lowest BCUT2D eigenvalue weighted by molar-refractivity contribution is -0.167. The highest BCUT2D eigenvalue weighted by Crippen LogP contribution is 2.14. The molecule has 0 rings (SSSR count). The van der Waals surface area contributed by atoms with Crippen LogP contribution in [0.2, 0.25) is 0 Å². The van der Waals surface area contributed by atoms with E-state index in [0.717, 1.165) is 109 Å². The zero-order valence-corrected chi connectivity index (χ0v) is 40.4. The smallest absolute Gasteiger partial charge is 0.306 e. The van der Waals surface area contributed by atoms with Crippen LogP contribution in [-0.2, 0) is 28.6 Å². The van der Waals surface area contributed by atoms with E-state index in [0.29, 0.717) is 19.3 Å². The average molecular weight is 863 g/mol. The molecule has 0 aliphatic heterocycles. The minimum Gasteiger partial charge on any atom is -0.462 e. The molecule has 0 heterocycles. The van der Waals surface area contributed by atoms with Crippen molar-refractivity contribution in [2.45, 2.75) is 239 Å². The molecule has 1 atom stereocenters. The predicted octanol–water partition coefficient (Wildman–Crippen LogP) is 16.8. The van der Waals surface area contributed by atoms with E-state index in [1.165, 1.54) is 83.5 Å². The zero-order valence-electron chi connectivity index (χ0n) is 40.4. The normalized spacial score (nSPS) is 12.8. The third kappa shape index (κ3) is 47.6. The number of rotatable bonds is 45. The van der Waals surface area contributed by atoms with E-state index in [2.05, 4.69) is 106 Å². The quantitative estimate of drug-likeness (QED) is 0.0263. The molecule has 0 fully saturated rings. The highest BCUT2D eigenvalue weighted by Gasteiger charge is 2.19. The molecule has 0 aromatic carbocycles. The van der Waals surface area contributed by atoms with Crippen molar-refractivity contribution in [2.75, 3.05) is 13.2 Å². The maximum Gasteiger partial charge on any atom is 0.306 e. The van der Waals surface area contributed by atoms with Crippen LogP contribution in [0.15, 0.2) is 85.1 Å². The standard InChI is InChI=1S/C56H94O6/c1-4-7-10-13-16-19-21-23-25-27-28-30-31-33-35-37-40-43-46-49-55(58)61-52-53(51-60-54(57)48-45-42-39-18-15-12-9-6-3)62-56(59)50-47-44-41-38-36-34-32-29-26-24-22-20-17-14-11-8-5-2/h7,10,16-17,19-20,23-26,28,30,33,35,53H,4-6,8-9,11-15,18,21-22,27,29,31-32,34,36-52H2,1-3H3/b10-7-,19-16-,20-17-,25-23-,26-24-,30-28-,35-33-. The van der Waals surface area contributed by atoms with Crippen molar-refractivity contribution in [1.29, 1.82) is 0 Å². The molecule has 0 aromatic rings. The lowest BCUT2D eigenvalue weighted by atomic mass is 10.1. The van der Waals surface area contributed by atoms with Crippen LogP contribution in [-0.4, -0.2) is 37.2 Å². The molecule has 62 heavy (non-hydrogen) atoms. The molecular weight excluding hydrogens is 769 g/mol. The van der Waals surface area contributed by atoms with Crippen LogP contribution in [0.1, 0.15) is 233 Å². The highest BCUT2D eigenvalue weighted by atomic mass is 16.6. The van der Waals surface area contributed by atoms with Gasteiger partial charge in [-0.1, -0.05) is 202 Å². The second kappa shape index (κ2) is 50.2. The van der Waals surface area contributed by atoms with Gasteiger partial charge in [-0.25, -0.2) is 0 Å². The molecule has 0 saturated heterocycles. The summed E-state index contributed by atoms with van der Waals surface area (Å²) in [6, 6.07) is 0. The molecular formula is C56H94O6. The van der Waals surface area contributed by atoms with Gasteiger partial charge in [0, 0.05) is 19.3 Å². The number of carbonyl (C=O) groups excluding carboxylic acids is 3. The largest absolute Gasteiger partial charge is 0.462 e. The average Bonchev–Trinajstić information content (AvgIpc) is 3.27. The van der Waals surface area contributed by atoms with Gasteiger partial charge in [0.05, 0.1) is 0 Å². The number of carbonyl (C=O) groups is 3. The van der Waals surface area contributed by atoms with Gasteiger partial charge in [-0.3, -0.25) is 14.4 Å². The number of hydrogen-bond donors (Lipinski definition) is 0. The predicted molar refractivity (Wildman–Crippen MR) is 265 cm³/mol. The van der Waals surface area contributed by atoms with E-state index >= 15 is 0 Å². The van der Waals surface area contributed by atoms with Gasteiger partial charge < -0.3 is 14.2 Å². The van der Waals surface area contributed by atoms with Gasteiger partial charge in [-0.15, -0.1) is 0 Å². The van der Waals surface area contributed by atoms with Crippen LogP contribution in [0.5, 0.6) is 0 Å². The Hall–Kier alpha value is -3.41. The Balaban J connectivity index is 4.38.